The molecule has 3 rings (SSSR count). The van der Waals surface area contributed by atoms with Crippen LogP contribution in [0.25, 0.3) is 0 Å². The van der Waals surface area contributed by atoms with Crippen LogP contribution < -0.4 is 10.1 Å². The molecular formula is C22H25FN4O2S. The highest BCUT2D eigenvalue weighted by Gasteiger charge is 2.14. The summed E-state index contributed by atoms with van der Waals surface area (Å²) < 4.78 is 20.5. The monoisotopic (exact) mass is 428 g/mol. The molecule has 8 heteroatoms. The quantitative estimate of drug-likeness (QED) is 0.493. The summed E-state index contributed by atoms with van der Waals surface area (Å²) in [6.45, 7) is 7.10. The molecule has 1 N–H and O–H groups in total. The summed E-state index contributed by atoms with van der Waals surface area (Å²) in [5.41, 5.74) is 2.00. The van der Waals surface area contributed by atoms with Gasteiger partial charge in [0.15, 0.2) is 11.0 Å². The van der Waals surface area contributed by atoms with E-state index in [9.17, 15) is 9.18 Å². The number of aromatic nitrogens is 3. The molecule has 158 valence electrons. The fraction of sp³-hybridized carbons (Fsp3) is 0.318. The molecule has 0 bridgehead atoms. The number of hydrogen-bond donors (Lipinski definition) is 1. The Labute approximate surface area is 179 Å². The molecule has 6 nitrogen and oxygen atoms in total. The van der Waals surface area contributed by atoms with Crippen molar-refractivity contribution in [1.29, 1.82) is 0 Å². The van der Waals surface area contributed by atoms with Crippen LogP contribution in [-0.2, 0) is 17.9 Å². The van der Waals surface area contributed by atoms with Gasteiger partial charge in [-0.15, -0.1) is 10.2 Å². The molecule has 1 amide bonds. The highest BCUT2D eigenvalue weighted by Crippen LogP contribution is 2.20. The van der Waals surface area contributed by atoms with Gasteiger partial charge in [-0.25, -0.2) is 4.39 Å². The molecule has 2 aromatic carbocycles. The smallest absolute Gasteiger partial charge is 0.234 e. The summed E-state index contributed by atoms with van der Waals surface area (Å²) in [5, 5.41) is 11.9. The van der Waals surface area contributed by atoms with Crippen molar-refractivity contribution < 1.29 is 13.9 Å². The molecule has 0 spiro atoms. The lowest BCUT2D eigenvalue weighted by atomic mass is 10.0. The van der Waals surface area contributed by atoms with Crippen molar-refractivity contribution in [3.05, 3.63) is 65.7 Å². The first-order chi connectivity index (χ1) is 14.5. The Hall–Kier alpha value is -2.87. The summed E-state index contributed by atoms with van der Waals surface area (Å²) in [6, 6.07) is 13.7. The molecule has 0 unspecified atom stereocenters. The van der Waals surface area contributed by atoms with Crippen molar-refractivity contribution in [3.8, 4) is 5.75 Å². The number of nitrogens with zero attached hydrogens (tertiary/aromatic N) is 3. The molecular weight excluding hydrogens is 403 g/mol. The van der Waals surface area contributed by atoms with E-state index in [1.165, 1.54) is 29.5 Å². The van der Waals surface area contributed by atoms with Crippen molar-refractivity contribution >= 4 is 23.4 Å². The van der Waals surface area contributed by atoms with Gasteiger partial charge < -0.3 is 14.6 Å². The Morgan fingerprint density at radius 2 is 1.83 bits per heavy atom. The summed E-state index contributed by atoms with van der Waals surface area (Å²) in [5.74, 6) is 1.46. The SMILES string of the molecule is CCn1c(COc2ccc(F)cc2)nnc1SCC(=O)Nc1ccc(C(C)C)cc1. The third-order valence-electron chi connectivity index (χ3n) is 4.48. The first-order valence-corrected chi connectivity index (χ1v) is 10.8. The Kier molecular flexibility index (Phi) is 7.46. The van der Waals surface area contributed by atoms with E-state index in [1.807, 2.05) is 35.8 Å². The minimum absolute atomic E-state index is 0.105. The van der Waals surface area contributed by atoms with Gasteiger partial charge >= 0.3 is 0 Å². The summed E-state index contributed by atoms with van der Waals surface area (Å²) >= 11 is 1.32. The van der Waals surface area contributed by atoms with Crippen LogP contribution in [0.1, 0.15) is 38.1 Å². The molecule has 0 aliphatic heterocycles. The third-order valence-corrected chi connectivity index (χ3v) is 5.45. The molecule has 0 aliphatic rings. The Morgan fingerprint density at radius 1 is 1.13 bits per heavy atom. The topological polar surface area (TPSA) is 69.0 Å². The minimum atomic E-state index is -0.313. The second kappa shape index (κ2) is 10.2. The number of halogens is 1. The molecule has 0 radical (unpaired) electrons. The molecule has 0 atom stereocenters. The number of rotatable bonds is 9. The van der Waals surface area contributed by atoms with Crippen molar-refractivity contribution in [2.45, 2.75) is 45.0 Å². The zero-order valence-electron chi connectivity index (χ0n) is 17.3. The first-order valence-electron chi connectivity index (χ1n) is 9.79. The largest absolute Gasteiger partial charge is 0.486 e. The van der Waals surface area contributed by atoms with E-state index in [4.69, 9.17) is 4.74 Å². The van der Waals surface area contributed by atoms with Gasteiger partial charge in [0.1, 0.15) is 18.2 Å². The lowest BCUT2D eigenvalue weighted by molar-refractivity contribution is -0.113. The zero-order valence-corrected chi connectivity index (χ0v) is 18.1. The van der Waals surface area contributed by atoms with E-state index in [2.05, 4.69) is 29.4 Å². The average Bonchev–Trinajstić information content (AvgIpc) is 3.14. The van der Waals surface area contributed by atoms with Gasteiger partial charge in [0, 0.05) is 12.2 Å². The second-order valence-electron chi connectivity index (χ2n) is 7.00. The molecule has 30 heavy (non-hydrogen) atoms. The second-order valence-corrected chi connectivity index (χ2v) is 7.94. The average molecular weight is 429 g/mol. The predicted molar refractivity (Wildman–Crippen MR) is 116 cm³/mol. The van der Waals surface area contributed by atoms with E-state index in [-0.39, 0.29) is 24.1 Å². The number of amides is 1. The van der Waals surface area contributed by atoms with Gasteiger partial charge in [-0.3, -0.25) is 4.79 Å². The van der Waals surface area contributed by atoms with Crippen LogP contribution in [0.4, 0.5) is 10.1 Å². The van der Waals surface area contributed by atoms with Crippen LogP contribution in [0.15, 0.2) is 53.7 Å². The Bertz CT molecular complexity index is 972. The number of thioether (sulfide) groups is 1. The maximum Gasteiger partial charge on any atom is 0.234 e. The van der Waals surface area contributed by atoms with E-state index in [0.717, 1.165) is 5.69 Å². The number of anilines is 1. The summed E-state index contributed by atoms with van der Waals surface area (Å²) in [4.78, 5) is 12.3. The van der Waals surface area contributed by atoms with E-state index in [1.54, 1.807) is 12.1 Å². The van der Waals surface area contributed by atoms with E-state index in [0.29, 0.717) is 29.2 Å². The number of carbonyl (C=O) groups is 1. The Morgan fingerprint density at radius 3 is 2.47 bits per heavy atom. The van der Waals surface area contributed by atoms with Crippen LogP contribution in [-0.4, -0.2) is 26.4 Å². The van der Waals surface area contributed by atoms with Gasteiger partial charge in [0.2, 0.25) is 5.91 Å². The number of benzene rings is 2. The molecule has 3 aromatic rings. The van der Waals surface area contributed by atoms with E-state index < -0.39 is 0 Å². The van der Waals surface area contributed by atoms with Crippen molar-refractivity contribution in [1.82, 2.24) is 14.8 Å². The highest BCUT2D eigenvalue weighted by atomic mass is 32.2. The molecule has 1 aromatic heterocycles. The van der Waals surface area contributed by atoms with Crippen LogP contribution in [0.3, 0.4) is 0 Å². The predicted octanol–water partition coefficient (Wildman–Crippen LogP) is 4.87. The lowest BCUT2D eigenvalue weighted by Gasteiger charge is -2.10. The fourth-order valence-corrected chi connectivity index (χ4v) is 3.63. The molecule has 0 saturated heterocycles. The fourth-order valence-electron chi connectivity index (χ4n) is 2.81. The standard InChI is InChI=1S/C22H25FN4O2S/c1-4-27-20(13-29-19-11-7-17(23)8-12-19)25-26-22(27)30-14-21(28)24-18-9-5-16(6-10-18)15(2)3/h5-12,15H,4,13-14H2,1-3H3,(H,24,28). The summed E-state index contributed by atoms with van der Waals surface area (Å²) in [7, 11) is 0. The maximum atomic E-state index is 13.0. The summed E-state index contributed by atoms with van der Waals surface area (Å²) in [6.07, 6.45) is 0. The van der Waals surface area contributed by atoms with Gasteiger partial charge in [-0.05, 0) is 54.8 Å². The number of ether oxygens (including phenoxy) is 1. The van der Waals surface area contributed by atoms with Crippen molar-refractivity contribution in [2.24, 2.45) is 0 Å². The molecule has 0 saturated carbocycles. The van der Waals surface area contributed by atoms with Gasteiger partial charge in [-0.1, -0.05) is 37.7 Å². The van der Waals surface area contributed by atoms with Crippen LogP contribution in [0.5, 0.6) is 5.75 Å². The molecule has 1 heterocycles. The van der Waals surface area contributed by atoms with Gasteiger partial charge in [-0.2, -0.15) is 0 Å². The number of hydrogen-bond acceptors (Lipinski definition) is 5. The zero-order chi connectivity index (χ0) is 21.5. The number of nitrogens with one attached hydrogen (secondary N) is 1. The first kappa shape index (κ1) is 21.8. The van der Waals surface area contributed by atoms with Crippen LogP contribution in [0.2, 0.25) is 0 Å². The third kappa shape index (κ3) is 5.82. The van der Waals surface area contributed by atoms with Crippen molar-refractivity contribution in [2.75, 3.05) is 11.1 Å². The maximum absolute atomic E-state index is 13.0. The minimum Gasteiger partial charge on any atom is -0.486 e. The van der Waals surface area contributed by atoms with Crippen LogP contribution >= 0.6 is 11.8 Å². The van der Waals surface area contributed by atoms with Gasteiger partial charge in [0.05, 0.1) is 5.75 Å². The van der Waals surface area contributed by atoms with Crippen LogP contribution in [0, 0.1) is 5.82 Å². The molecule has 0 aliphatic carbocycles. The normalized spacial score (nSPS) is 11.0. The molecule has 0 fully saturated rings. The number of carbonyl (C=O) groups excluding carboxylic acids is 1. The highest BCUT2D eigenvalue weighted by molar-refractivity contribution is 7.99. The van der Waals surface area contributed by atoms with Gasteiger partial charge in [0.25, 0.3) is 0 Å². The Balaban J connectivity index is 1.54. The van der Waals surface area contributed by atoms with E-state index >= 15 is 0 Å². The lowest BCUT2D eigenvalue weighted by Crippen LogP contribution is -2.15. The van der Waals surface area contributed by atoms with Crippen molar-refractivity contribution in [3.63, 3.8) is 0 Å².